The second-order valence-corrected chi connectivity index (χ2v) is 7.14. The van der Waals surface area contributed by atoms with E-state index in [9.17, 15) is 0 Å². The highest BCUT2D eigenvalue weighted by Crippen LogP contribution is 2.22. The van der Waals surface area contributed by atoms with Gasteiger partial charge in [0.2, 0.25) is 0 Å². The van der Waals surface area contributed by atoms with E-state index < -0.39 is 0 Å². The lowest BCUT2D eigenvalue weighted by Crippen LogP contribution is -2.40. The molecular weight excluding hydrogens is 439 g/mol. The van der Waals surface area contributed by atoms with Gasteiger partial charge in [-0.1, -0.05) is 32.0 Å². The quantitative estimate of drug-likeness (QED) is 0.250. The summed E-state index contributed by atoms with van der Waals surface area (Å²) in [7, 11) is 1.83. The molecule has 0 spiro atoms. The van der Waals surface area contributed by atoms with Crippen LogP contribution in [0.15, 0.2) is 35.3 Å². The Labute approximate surface area is 176 Å². The lowest BCUT2D eigenvalue weighted by Gasteiger charge is -2.19. The smallest absolute Gasteiger partial charge is 0.190 e. The van der Waals surface area contributed by atoms with Crippen LogP contribution in [-0.4, -0.2) is 52.4 Å². The number of halogens is 1. The molecule has 0 saturated carbocycles. The minimum atomic E-state index is 0. The summed E-state index contributed by atoms with van der Waals surface area (Å²) in [4.78, 5) is 6.78. The third kappa shape index (κ3) is 8.58. The Kier molecular flexibility index (Phi) is 11.7. The Morgan fingerprint density at radius 2 is 2.04 bits per heavy atom. The molecule has 2 rings (SSSR count). The molecule has 2 N–H and O–H groups in total. The van der Waals surface area contributed by atoms with Gasteiger partial charge in [-0.2, -0.15) is 0 Å². The summed E-state index contributed by atoms with van der Waals surface area (Å²) < 4.78 is 5.60. The highest BCUT2D eigenvalue weighted by molar-refractivity contribution is 14.0. The van der Waals surface area contributed by atoms with Crippen LogP contribution >= 0.6 is 24.0 Å². The first-order chi connectivity index (χ1) is 12.2. The van der Waals surface area contributed by atoms with Crippen LogP contribution in [0.4, 0.5) is 5.69 Å². The second kappa shape index (κ2) is 13.2. The Balaban J connectivity index is 0.00000338. The molecule has 1 heterocycles. The Bertz CT molecular complexity index is 510. The van der Waals surface area contributed by atoms with E-state index >= 15 is 0 Å². The van der Waals surface area contributed by atoms with Crippen LogP contribution in [0.25, 0.3) is 0 Å². The number of rotatable bonds is 9. The minimum Gasteiger partial charge on any atom is -0.381 e. The van der Waals surface area contributed by atoms with E-state index in [1.165, 1.54) is 12.1 Å². The summed E-state index contributed by atoms with van der Waals surface area (Å²) in [6.45, 7) is 10.1. The second-order valence-electron chi connectivity index (χ2n) is 7.14. The van der Waals surface area contributed by atoms with Crippen molar-refractivity contribution in [1.82, 2.24) is 10.6 Å². The van der Waals surface area contributed by atoms with Crippen molar-refractivity contribution in [3.63, 3.8) is 0 Å². The summed E-state index contributed by atoms with van der Waals surface area (Å²) in [5, 5.41) is 6.83. The molecule has 1 atom stereocenters. The zero-order chi connectivity index (χ0) is 17.9. The number of nitrogens with zero attached hydrogens (tertiary/aromatic N) is 2. The van der Waals surface area contributed by atoms with Crippen LogP contribution in [-0.2, 0) is 4.74 Å². The van der Waals surface area contributed by atoms with Crippen LogP contribution in [0.3, 0.4) is 0 Å². The first-order valence-corrected chi connectivity index (χ1v) is 9.51. The van der Waals surface area contributed by atoms with Crippen molar-refractivity contribution >= 4 is 35.6 Å². The molecule has 5 nitrogen and oxygen atoms in total. The molecule has 6 heteroatoms. The van der Waals surface area contributed by atoms with Crippen molar-refractivity contribution in [2.24, 2.45) is 16.8 Å². The number of hydrogen-bond donors (Lipinski definition) is 2. The van der Waals surface area contributed by atoms with Crippen molar-refractivity contribution in [2.45, 2.75) is 26.7 Å². The lowest BCUT2D eigenvalue weighted by atomic mass is 10.1. The molecule has 0 aliphatic carbocycles. The summed E-state index contributed by atoms with van der Waals surface area (Å²) in [6, 6.07) is 10.7. The number of para-hydroxylation sites is 1. The predicted octanol–water partition coefficient (Wildman–Crippen LogP) is 3.36. The molecule has 1 fully saturated rings. The highest BCUT2D eigenvalue weighted by atomic mass is 127. The molecule has 1 unspecified atom stereocenters. The van der Waals surface area contributed by atoms with E-state index in [4.69, 9.17) is 4.74 Å². The molecular formula is C20H35IN4O. The average molecular weight is 474 g/mol. The fourth-order valence-electron chi connectivity index (χ4n) is 3.03. The number of aliphatic imine (C=N–C) groups is 1. The maximum atomic E-state index is 5.60. The topological polar surface area (TPSA) is 48.9 Å². The minimum absolute atomic E-state index is 0. The van der Waals surface area contributed by atoms with Gasteiger partial charge >= 0.3 is 0 Å². The van der Waals surface area contributed by atoms with Gasteiger partial charge in [0.15, 0.2) is 5.96 Å². The SMILES string of the molecule is CN=C(NCCCOCC(C)C)NCC1CCN(c2ccccc2)C1.I. The number of guanidine groups is 1. The van der Waals surface area contributed by atoms with Gasteiger partial charge < -0.3 is 20.3 Å². The molecule has 1 aliphatic rings. The van der Waals surface area contributed by atoms with Gasteiger partial charge in [-0.25, -0.2) is 0 Å². The number of hydrogen-bond acceptors (Lipinski definition) is 3. The molecule has 1 saturated heterocycles. The molecule has 1 aromatic carbocycles. The zero-order valence-corrected chi connectivity index (χ0v) is 18.7. The Morgan fingerprint density at radius 3 is 2.73 bits per heavy atom. The van der Waals surface area contributed by atoms with E-state index in [1.54, 1.807) is 0 Å². The normalized spacial score (nSPS) is 17.3. The molecule has 1 aromatic rings. The number of ether oxygens (including phenoxy) is 1. The van der Waals surface area contributed by atoms with Crippen LogP contribution in [0.5, 0.6) is 0 Å². The molecule has 0 radical (unpaired) electrons. The fraction of sp³-hybridized carbons (Fsp3) is 0.650. The highest BCUT2D eigenvalue weighted by Gasteiger charge is 2.22. The Morgan fingerprint density at radius 1 is 1.27 bits per heavy atom. The number of nitrogens with one attached hydrogen (secondary N) is 2. The van der Waals surface area contributed by atoms with Gasteiger partial charge in [-0.05, 0) is 36.8 Å². The van der Waals surface area contributed by atoms with Gasteiger partial charge in [0, 0.05) is 52.1 Å². The van der Waals surface area contributed by atoms with E-state index in [-0.39, 0.29) is 24.0 Å². The molecule has 148 valence electrons. The summed E-state index contributed by atoms with van der Waals surface area (Å²) >= 11 is 0. The standard InChI is InChI=1S/C20H34N4O.HI/c1-17(2)16-25-13-7-11-22-20(21-3)23-14-18-10-12-24(15-18)19-8-5-4-6-9-19;/h4-6,8-9,17-18H,7,10-16H2,1-3H3,(H2,21,22,23);1H. The molecule has 0 aromatic heterocycles. The van der Waals surface area contributed by atoms with Crippen molar-refractivity contribution in [3.8, 4) is 0 Å². The monoisotopic (exact) mass is 474 g/mol. The van der Waals surface area contributed by atoms with Crippen LogP contribution < -0.4 is 15.5 Å². The molecule has 26 heavy (non-hydrogen) atoms. The fourth-order valence-corrected chi connectivity index (χ4v) is 3.03. The third-order valence-corrected chi connectivity index (χ3v) is 4.40. The first kappa shape index (κ1) is 23.0. The van der Waals surface area contributed by atoms with E-state index in [2.05, 4.69) is 64.7 Å². The summed E-state index contributed by atoms with van der Waals surface area (Å²) in [6.07, 6.45) is 2.22. The predicted molar refractivity (Wildman–Crippen MR) is 122 cm³/mol. The number of benzene rings is 1. The Hall–Kier alpha value is -1.02. The van der Waals surface area contributed by atoms with Crippen molar-refractivity contribution in [2.75, 3.05) is 51.3 Å². The third-order valence-electron chi connectivity index (χ3n) is 4.40. The van der Waals surface area contributed by atoms with Gasteiger partial charge in [-0.15, -0.1) is 24.0 Å². The first-order valence-electron chi connectivity index (χ1n) is 9.51. The summed E-state index contributed by atoms with van der Waals surface area (Å²) in [5.41, 5.74) is 1.33. The largest absolute Gasteiger partial charge is 0.381 e. The van der Waals surface area contributed by atoms with E-state index in [0.717, 1.165) is 51.8 Å². The zero-order valence-electron chi connectivity index (χ0n) is 16.4. The van der Waals surface area contributed by atoms with Crippen LogP contribution in [0.1, 0.15) is 26.7 Å². The van der Waals surface area contributed by atoms with Crippen LogP contribution in [0.2, 0.25) is 0 Å². The van der Waals surface area contributed by atoms with Gasteiger partial charge in [0.25, 0.3) is 0 Å². The van der Waals surface area contributed by atoms with Gasteiger partial charge in [0.05, 0.1) is 0 Å². The maximum Gasteiger partial charge on any atom is 0.190 e. The number of anilines is 1. The van der Waals surface area contributed by atoms with Gasteiger partial charge in [0.1, 0.15) is 0 Å². The van der Waals surface area contributed by atoms with E-state index in [0.29, 0.717) is 11.8 Å². The van der Waals surface area contributed by atoms with Crippen molar-refractivity contribution in [1.29, 1.82) is 0 Å². The van der Waals surface area contributed by atoms with Crippen LogP contribution in [0, 0.1) is 11.8 Å². The van der Waals surface area contributed by atoms with Crippen molar-refractivity contribution < 1.29 is 4.74 Å². The molecule has 0 amide bonds. The maximum absolute atomic E-state index is 5.60. The van der Waals surface area contributed by atoms with Gasteiger partial charge in [-0.3, -0.25) is 4.99 Å². The molecule has 1 aliphatic heterocycles. The van der Waals surface area contributed by atoms with E-state index in [1.807, 2.05) is 7.05 Å². The lowest BCUT2D eigenvalue weighted by molar-refractivity contribution is 0.108. The molecule has 0 bridgehead atoms. The average Bonchev–Trinajstić information content (AvgIpc) is 3.10. The summed E-state index contributed by atoms with van der Waals surface area (Å²) in [5.74, 6) is 2.15. The van der Waals surface area contributed by atoms with Crippen molar-refractivity contribution in [3.05, 3.63) is 30.3 Å².